The normalized spacial score (nSPS) is 17.7. The fourth-order valence-corrected chi connectivity index (χ4v) is 6.36. The third kappa shape index (κ3) is 3.64. The lowest BCUT2D eigenvalue weighted by molar-refractivity contribution is -0.0320. The van der Waals surface area contributed by atoms with Crippen LogP contribution in [0.15, 0.2) is 66.7 Å². The van der Waals surface area contributed by atoms with Gasteiger partial charge >= 0.3 is 5.97 Å². The molecule has 3 heteroatoms. The molecule has 1 aliphatic carbocycles. The molecule has 1 heterocycles. The number of fused-ring (bicyclic) bond motifs is 1. The Balaban J connectivity index is 1.62. The van der Waals surface area contributed by atoms with Gasteiger partial charge in [-0.1, -0.05) is 30.4 Å². The second-order valence-corrected chi connectivity index (χ2v) is 10.3. The molecule has 2 nitrogen and oxygen atoms in total. The van der Waals surface area contributed by atoms with Crippen molar-refractivity contribution in [3.63, 3.8) is 0 Å². The van der Waals surface area contributed by atoms with E-state index in [4.69, 9.17) is 4.74 Å². The summed E-state index contributed by atoms with van der Waals surface area (Å²) in [6.45, 7) is 6.26. The molecule has 1 aliphatic rings. The number of rotatable bonds is 4. The second kappa shape index (κ2) is 7.56. The first-order chi connectivity index (χ1) is 13.5. The van der Waals surface area contributed by atoms with Gasteiger partial charge in [-0.25, -0.2) is 4.79 Å². The molecule has 0 amide bonds. The van der Waals surface area contributed by atoms with Crippen molar-refractivity contribution in [1.82, 2.24) is 0 Å². The molecule has 0 spiro atoms. The van der Waals surface area contributed by atoms with E-state index in [2.05, 4.69) is 55.5 Å². The van der Waals surface area contributed by atoms with E-state index < -0.39 is 5.60 Å². The lowest BCUT2D eigenvalue weighted by Crippen LogP contribution is -2.37. The molecule has 0 aliphatic heterocycles. The number of aryl methyl sites for hydroxylation is 1. The molecule has 4 rings (SSSR count). The highest BCUT2D eigenvalue weighted by atomic mass is 32.2. The minimum absolute atomic E-state index is 0.120. The lowest BCUT2D eigenvalue weighted by atomic mass is 9.81. The Hall–Kier alpha value is -2.39. The summed E-state index contributed by atoms with van der Waals surface area (Å²) in [4.78, 5) is 15.5. The van der Waals surface area contributed by atoms with Crippen molar-refractivity contribution in [1.29, 1.82) is 0 Å². The van der Waals surface area contributed by atoms with Crippen molar-refractivity contribution in [2.45, 2.75) is 45.6 Å². The monoisotopic (exact) mass is 391 g/mol. The lowest BCUT2D eigenvalue weighted by Gasteiger charge is -2.34. The molecular weight excluding hydrogens is 364 g/mol. The standard InChI is InChI=1S/C25H27O2S/c1-18-16-19-10-7-8-15-23(19)28(18)22-14-9-11-20(17-22)24(26)27-25(2,3)21-12-5-4-6-13-21/h4-5,7-11,14-17,21H,6,12-13H2,1-3H3/q+1. The number of carbonyl (C=O) groups excluding carboxylic acids is 1. The van der Waals surface area contributed by atoms with E-state index in [1.165, 1.54) is 19.9 Å². The molecule has 0 radical (unpaired) electrons. The zero-order valence-corrected chi connectivity index (χ0v) is 17.6. The Morgan fingerprint density at radius 3 is 2.68 bits per heavy atom. The van der Waals surface area contributed by atoms with Crippen LogP contribution in [0.1, 0.15) is 48.3 Å². The first-order valence-corrected chi connectivity index (χ1v) is 11.2. The van der Waals surface area contributed by atoms with E-state index in [9.17, 15) is 4.79 Å². The van der Waals surface area contributed by atoms with Crippen LogP contribution in [-0.4, -0.2) is 11.6 Å². The zero-order valence-electron chi connectivity index (χ0n) is 16.8. The Morgan fingerprint density at radius 1 is 1.07 bits per heavy atom. The van der Waals surface area contributed by atoms with E-state index in [1.54, 1.807) is 0 Å². The molecule has 2 atom stereocenters. The number of hydrogen-bond donors (Lipinski definition) is 0. The van der Waals surface area contributed by atoms with Crippen molar-refractivity contribution >= 4 is 26.5 Å². The number of carbonyl (C=O) groups is 1. The number of hydrogen-bond acceptors (Lipinski definition) is 2. The average molecular weight is 392 g/mol. The van der Waals surface area contributed by atoms with Gasteiger partial charge in [-0.05, 0) is 57.4 Å². The maximum absolute atomic E-state index is 12.9. The Morgan fingerprint density at radius 2 is 1.89 bits per heavy atom. The molecule has 28 heavy (non-hydrogen) atoms. The summed E-state index contributed by atoms with van der Waals surface area (Å²) in [7, 11) is -0.120. The van der Waals surface area contributed by atoms with Crippen LogP contribution in [0.3, 0.4) is 0 Å². The smallest absolute Gasteiger partial charge is 0.338 e. The van der Waals surface area contributed by atoms with Gasteiger partial charge in [0.05, 0.1) is 5.56 Å². The maximum Gasteiger partial charge on any atom is 0.338 e. The minimum atomic E-state index is -0.462. The predicted octanol–water partition coefficient (Wildman–Crippen LogP) is 7.18. The molecule has 3 aromatic rings. The number of esters is 1. The van der Waals surface area contributed by atoms with Crippen LogP contribution in [0.5, 0.6) is 0 Å². The fraction of sp³-hybridized carbons (Fsp3) is 0.320. The van der Waals surface area contributed by atoms with Gasteiger partial charge in [0.15, 0.2) is 14.5 Å². The highest BCUT2D eigenvalue weighted by Crippen LogP contribution is 2.43. The Bertz CT molecular complexity index is 1040. The predicted molar refractivity (Wildman–Crippen MR) is 118 cm³/mol. The summed E-state index contributed by atoms with van der Waals surface area (Å²) in [5.41, 5.74) is 0.178. The van der Waals surface area contributed by atoms with Gasteiger partial charge in [-0.2, -0.15) is 0 Å². The van der Waals surface area contributed by atoms with Crippen molar-refractivity contribution < 1.29 is 9.53 Å². The quantitative estimate of drug-likeness (QED) is 0.267. The van der Waals surface area contributed by atoms with Gasteiger partial charge in [0.25, 0.3) is 0 Å². The third-order valence-corrected chi connectivity index (χ3v) is 8.03. The van der Waals surface area contributed by atoms with Crippen LogP contribution >= 0.6 is 10.5 Å². The highest BCUT2D eigenvalue weighted by molar-refractivity contribution is 7.45. The summed E-state index contributed by atoms with van der Waals surface area (Å²) in [5, 5.41) is 1.28. The summed E-state index contributed by atoms with van der Waals surface area (Å²) in [6.07, 6.45) is 7.53. The fourth-order valence-electron chi connectivity index (χ4n) is 4.11. The van der Waals surface area contributed by atoms with Crippen molar-refractivity contribution in [2.75, 3.05) is 0 Å². The maximum atomic E-state index is 12.9. The molecular formula is C25H27O2S+. The molecule has 2 unspecified atom stereocenters. The van der Waals surface area contributed by atoms with Crippen LogP contribution < -0.4 is 0 Å². The van der Waals surface area contributed by atoms with Crippen LogP contribution in [0, 0.1) is 12.8 Å². The summed E-state index contributed by atoms with van der Waals surface area (Å²) in [6, 6.07) is 18.7. The van der Waals surface area contributed by atoms with Gasteiger partial charge < -0.3 is 4.74 Å². The van der Waals surface area contributed by atoms with Gasteiger partial charge in [-0.3, -0.25) is 0 Å². The molecule has 0 fully saturated rings. The average Bonchev–Trinajstić information content (AvgIpc) is 3.04. The van der Waals surface area contributed by atoms with Gasteiger partial charge in [0.2, 0.25) is 0 Å². The Kier molecular flexibility index (Phi) is 5.11. The first kappa shape index (κ1) is 18.9. The minimum Gasteiger partial charge on any atom is -0.456 e. The van der Waals surface area contributed by atoms with E-state index in [0.717, 1.165) is 19.3 Å². The van der Waals surface area contributed by atoms with E-state index >= 15 is 0 Å². The summed E-state index contributed by atoms with van der Waals surface area (Å²) >= 11 is 0. The molecule has 2 aromatic carbocycles. The summed E-state index contributed by atoms with van der Waals surface area (Å²) in [5.74, 6) is 0.150. The van der Waals surface area contributed by atoms with Crippen LogP contribution in [0.25, 0.3) is 15.0 Å². The molecule has 0 saturated heterocycles. The third-order valence-electron chi connectivity index (χ3n) is 5.73. The molecule has 144 valence electrons. The number of benzene rings is 2. The van der Waals surface area contributed by atoms with Gasteiger partial charge in [-0.15, -0.1) is 0 Å². The molecule has 0 saturated carbocycles. The van der Waals surface area contributed by atoms with Crippen LogP contribution in [-0.2, 0) is 4.74 Å². The Labute approximate surface area is 169 Å². The van der Waals surface area contributed by atoms with E-state index in [1.807, 2.05) is 32.0 Å². The molecule has 0 bridgehead atoms. The van der Waals surface area contributed by atoms with Gasteiger partial charge in [0, 0.05) is 40.8 Å². The molecule has 1 aromatic heterocycles. The summed E-state index contributed by atoms with van der Waals surface area (Å²) < 4.78 is 7.33. The first-order valence-electron chi connectivity index (χ1n) is 9.96. The van der Waals surface area contributed by atoms with Crippen molar-refractivity contribution in [2.24, 2.45) is 5.92 Å². The van der Waals surface area contributed by atoms with Crippen molar-refractivity contribution in [3.05, 3.63) is 77.2 Å². The van der Waals surface area contributed by atoms with Gasteiger partial charge in [0.1, 0.15) is 5.60 Å². The largest absolute Gasteiger partial charge is 0.456 e. The van der Waals surface area contributed by atoms with E-state index in [0.29, 0.717) is 11.5 Å². The second-order valence-electron chi connectivity index (χ2n) is 8.10. The highest BCUT2D eigenvalue weighted by Gasteiger charge is 2.33. The molecule has 0 N–H and O–H groups in total. The number of ether oxygens (including phenoxy) is 1. The van der Waals surface area contributed by atoms with E-state index in [-0.39, 0.29) is 16.4 Å². The SMILES string of the molecule is Cc1cc2ccccc2[s+]1-c1cccc(C(=O)OC(C)(C)C2CC=CCC2)c1. The zero-order chi connectivity index (χ0) is 19.7. The van der Waals surface area contributed by atoms with Crippen molar-refractivity contribution in [3.8, 4) is 4.90 Å². The topological polar surface area (TPSA) is 26.3 Å². The number of allylic oxidation sites excluding steroid dienone is 2. The number of thiophene rings is 1. The van der Waals surface area contributed by atoms with Crippen LogP contribution in [0.4, 0.5) is 0 Å². The van der Waals surface area contributed by atoms with Crippen LogP contribution in [0.2, 0.25) is 0 Å².